The maximum absolute atomic E-state index is 12.1. The molecule has 0 spiro atoms. The van der Waals surface area contributed by atoms with Crippen LogP contribution in [0.3, 0.4) is 0 Å². The Morgan fingerprint density at radius 3 is 2.57 bits per heavy atom. The van der Waals surface area contributed by atoms with Crippen LogP contribution in [0.5, 0.6) is 5.75 Å². The Kier molecular flexibility index (Phi) is 5.59. The first kappa shape index (κ1) is 16.8. The van der Waals surface area contributed by atoms with Gasteiger partial charge in [0.05, 0.1) is 4.92 Å². The predicted molar refractivity (Wildman–Crippen MR) is 90.0 cm³/mol. The number of benzene rings is 2. The van der Waals surface area contributed by atoms with Crippen molar-refractivity contribution in [3.8, 4) is 5.75 Å². The largest absolute Gasteiger partial charge is 0.481 e. The summed E-state index contributed by atoms with van der Waals surface area (Å²) < 4.78 is 5.57. The molecule has 0 saturated carbocycles. The fourth-order valence-electron chi connectivity index (χ4n) is 1.85. The fourth-order valence-corrected chi connectivity index (χ4v) is 2.26. The van der Waals surface area contributed by atoms with E-state index in [1.54, 1.807) is 36.9 Å². The van der Waals surface area contributed by atoms with Crippen molar-refractivity contribution in [2.45, 2.75) is 17.9 Å². The number of nitrogens with one attached hydrogen (secondary N) is 1. The Hall–Kier alpha value is -2.54. The predicted octanol–water partition coefficient (Wildman–Crippen LogP) is 3.72. The van der Waals surface area contributed by atoms with Gasteiger partial charge in [0.2, 0.25) is 0 Å². The summed E-state index contributed by atoms with van der Waals surface area (Å²) in [6.07, 6.45) is 1.25. The first-order chi connectivity index (χ1) is 11.0. The zero-order valence-electron chi connectivity index (χ0n) is 12.7. The number of non-ortho nitro benzene ring substituents is 1. The van der Waals surface area contributed by atoms with Gasteiger partial charge < -0.3 is 10.1 Å². The molecule has 0 heterocycles. The molecule has 1 unspecified atom stereocenters. The number of carbonyl (C=O) groups excluding carboxylic acids is 1. The van der Waals surface area contributed by atoms with Crippen LogP contribution in [-0.2, 0) is 4.79 Å². The van der Waals surface area contributed by atoms with Crippen molar-refractivity contribution >= 4 is 29.0 Å². The van der Waals surface area contributed by atoms with E-state index >= 15 is 0 Å². The van der Waals surface area contributed by atoms with E-state index in [-0.39, 0.29) is 11.6 Å². The maximum atomic E-state index is 12.1. The number of amides is 1. The number of carbonyl (C=O) groups is 1. The van der Waals surface area contributed by atoms with Crippen molar-refractivity contribution < 1.29 is 14.5 Å². The lowest BCUT2D eigenvalue weighted by Gasteiger charge is -2.15. The van der Waals surface area contributed by atoms with Gasteiger partial charge in [-0.1, -0.05) is 6.07 Å². The Bertz CT molecular complexity index is 703. The fraction of sp³-hybridized carbons (Fsp3) is 0.188. The summed E-state index contributed by atoms with van der Waals surface area (Å²) in [5.74, 6) is 0.212. The highest BCUT2D eigenvalue weighted by atomic mass is 32.2. The van der Waals surface area contributed by atoms with E-state index in [0.717, 1.165) is 4.90 Å². The lowest BCUT2D eigenvalue weighted by atomic mass is 10.2. The minimum atomic E-state index is -0.727. The molecule has 0 fully saturated rings. The summed E-state index contributed by atoms with van der Waals surface area (Å²) in [6.45, 7) is 1.62. The Morgan fingerprint density at radius 1 is 1.26 bits per heavy atom. The molecule has 0 aliphatic rings. The second-order valence-corrected chi connectivity index (χ2v) is 5.61. The normalized spacial score (nSPS) is 11.6. The molecule has 120 valence electrons. The van der Waals surface area contributed by atoms with Gasteiger partial charge >= 0.3 is 0 Å². The molecule has 0 bridgehead atoms. The summed E-state index contributed by atoms with van der Waals surface area (Å²) in [5.41, 5.74) is 0.279. The second kappa shape index (κ2) is 7.64. The van der Waals surface area contributed by atoms with Gasteiger partial charge in [0.1, 0.15) is 5.75 Å². The molecule has 2 rings (SSSR count). The molecule has 1 N–H and O–H groups in total. The minimum Gasteiger partial charge on any atom is -0.481 e. The molecule has 0 aliphatic heterocycles. The van der Waals surface area contributed by atoms with Crippen LogP contribution in [0, 0.1) is 10.1 Å². The standard InChI is InChI=1S/C16H16N2O4S/c1-11(22-14-6-8-15(23-2)9-7-14)16(19)17-12-4-3-5-13(10-12)18(20)21/h3-11H,1-2H3,(H,17,19). The first-order valence-electron chi connectivity index (χ1n) is 6.85. The second-order valence-electron chi connectivity index (χ2n) is 4.73. The Morgan fingerprint density at radius 2 is 1.96 bits per heavy atom. The average molecular weight is 332 g/mol. The van der Waals surface area contributed by atoms with Crippen molar-refractivity contribution in [1.29, 1.82) is 0 Å². The van der Waals surface area contributed by atoms with Gasteiger partial charge in [0.25, 0.3) is 11.6 Å². The number of rotatable bonds is 6. The molecule has 0 aromatic heterocycles. The quantitative estimate of drug-likeness (QED) is 0.495. The lowest BCUT2D eigenvalue weighted by molar-refractivity contribution is -0.384. The third-order valence-electron chi connectivity index (χ3n) is 3.07. The molecule has 7 heteroatoms. The van der Waals surface area contributed by atoms with Gasteiger partial charge in [0.15, 0.2) is 6.10 Å². The molecule has 0 aliphatic carbocycles. The van der Waals surface area contributed by atoms with Gasteiger partial charge in [-0.3, -0.25) is 14.9 Å². The highest BCUT2D eigenvalue weighted by Gasteiger charge is 2.16. The highest BCUT2D eigenvalue weighted by Crippen LogP contribution is 2.21. The third kappa shape index (κ3) is 4.72. The van der Waals surface area contributed by atoms with Crippen molar-refractivity contribution in [2.75, 3.05) is 11.6 Å². The van der Waals surface area contributed by atoms with Crippen LogP contribution in [0.15, 0.2) is 53.4 Å². The zero-order valence-corrected chi connectivity index (χ0v) is 13.5. The molecule has 6 nitrogen and oxygen atoms in total. The number of hydrogen-bond donors (Lipinski definition) is 1. The van der Waals surface area contributed by atoms with Gasteiger partial charge in [-0.2, -0.15) is 0 Å². The molecule has 2 aromatic carbocycles. The van der Waals surface area contributed by atoms with E-state index in [1.165, 1.54) is 18.2 Å². The topological polar surface area (TPSA) is 81.5 Å². The number of anilines is 1. The summed E-state index contributed by atoms with van der Waals surface area (Å²) >= 11 is 1.62. The molecule has 2 aromatic rings. The van der Waals surface area contributed by atoms with Crippen molar-refractivity contribution in [3.63, 3.8) is 0 Å². The monoisotopic (exact) mass is 332 g/mol. The maximum Gasteiger partial charge on any atom is 0.271 e. The van der Waals surface area contributed by atoms with Crippen LogP contribution in [0.2, 0.25) is 0 Å². The van der Waals surface area contributed by atoms with Crippen molar-refractivity contribution in [2.24, 2.45) is 0 Å². The van der Waals surface area contributed by atoms with Crippen LogP contribution in [0.4, 0.5) is 11.4 Å². The van der Waals surface area contributed by atoms with Gasteiger partial charge in [-0.05, 0) is 43.5 Å². The van der Waals surface area contributed by atoms with Crippen LogP contribution < -0.4 is 10.1 Å². The third-order valence-corrected chi connectivity index (χ3v) is 3.81. The summed E-state index contributed by atoms with van der Waals surface area (Å²) in [4.78, 5) is 23.4. The molecule has 0 saturated heterocycles. The van der Waals surface area contributed by atoms with E-state index < -0.39 is 11.0 Å². The number of thioether (sulfide) groups is 1. The van der Waals surface area contributed by atoms with E-state index in [0.29, 0.717) is 11.4 Å². The summed E-state index contributed by atoms with van der Waals surface area (Å²) in [7, 11) is 0. The summed E-state index contributed by atoms with van der Waals surface area (Å²) in [6, 6.07) is 13.2. The van der Waals surface area contributed by atoms with Crippen LogP contribution in [-0.4, -0.2) is 23.2 Å². The highest BCUT2D eigenvalue weighted by molar-refractivity contribution is 7.98. The molecule has 1 atom stereocenters. The molecule has 23 heavy (non-hydrogen) atoms. The number of nitrogens with zero attached hydrogens (tertiary/aromatic N) is 1. The Balaban J connectivity index is 1.99. The van der Waals surface area contributed by atoms with E-state index in [9.17, 15) is 14.9 Å². The van der Waals surface area contributed by atoms with E-state index in [1.807, 2.05) is 18.4 Å². The average Bonchev–Trinajstić information content (AvgIpc) is 2.55. The Labute approximate surface area is 138 Å². The smallest absolute Gasteiger partial charge is 0.271 e. The zero-order chi connectivity index (χ0) is 16.8. The van der Waals surface area contributed by atoms with Crippen LogP contribution >= 0.6 is 11.8 Å². The van der Waals surface area contributed by atoms with Crippen LogP contribution in [0.1, 0.15) is 6.92 Å². The van der Waals surface area contributed by atoms with Crippen LogP contribution in [0.25, 0.3) is 0 Å². The van der Waals surface area contributed by atoms with Gasteiger partial charge in [-0.25, -0.2) is 0 Å². The minimum absolute atomic E-state index is 0.0796. The molecule has 1 amide bonds. The van der Waals surface area contributed by atoms with Crippen molar-refractivity contribution in [1.82, 2.24) is 0 Å². The number of nitro benzene ring substituents is 1. The van der Waals surface area contributed by atoms with E-state index in [2.05, 4.69) is 5.32 Å². The molecule has 0 radical (unpaired) electrons. The summed E-state index contributed by atoms with van der Waals surface area (Å²) in [5, 5.41) is 13.3. The van der Waals surface area contributed by atoms with E-state index in [4.69, 9.17) is 4.74 Å². The van der Waals surface area contributed by atoms with Gasteiger partial charge in [0, 0.05) is 22.7 Å². The van der Waals surface area contributed by atoms with Crippen molar-refractivity contribution in [3.05, 3.63) is 58.6 Å². The first-order valence-corrected chi connectivity index (χ1v) is 8.08. The molecular weight excluding hydrogens is 316 g/mol. The number of ether oxygens (including phenoxy) is 1. The molecular formula is C16H16N2O4S. The number of nitro groups is 1. The lowest BCUT2D eigenvalue weighted by Crippen LogP contribution is -2.30. The SMILES string of the molecule is CSc1ccc(OC(C)C(=O)Nc2cccc([N+](=O)[O-])c2)cc1. The van der Waals surface area contributed by atoms with Gasteiger partial charge in [-0.15, -0.1) is 11.8 Å². The number of hydrogen-bond acceptors (Lipinski definition) is 5.